The Labute approximate surface area is 130 Å². The number of Topliss-reactive ketones (excluding diaryl/α,β-unsaturated/α-hetero) is 1. The Bertz CT molecular complexity index is 659. The molecule has 0 saturated heterocycles. The summed E-state index contributed by atoms with van der Waals surface area (Å²) >= 11 is 0.462. The van der Waals surface area contributed by atoms with E-state index < -0.39 is 11.6 Å². The molecule has 0 saturated carbocycles. The van der Waals surface area contributed by atoms with Gasteiger partial charge in [-0.05, 0) is 42.8 Å². The average molecular weight is 325 g/mol. The van der Waals surface area contributed by atoms with Crippen molar-refractivity contribution < 1.29 is 18.0 Å². The predicted molar refractivity (Wildman–Crippen MR) is 82.3 cm³/mol. The maximum Gasteiger partial charge on any atom is 0.288 e. The zero-order chi connectivity index (χ0) is 16.1. The Hall–Kier alpha value is -1.95. The summed E-state index contributed by atoms with van der Waals surface area (Å²) in [7, 11) is 0. The lowest BCUT2D eigenvalue weighted by molar-refractivity contribution is 0.101. The van der Waals surface area contributed by atoms with Gasteiger partial charge in [-0.15, -0.1) is 0 Å². The van der Waals surface area contributed by atoms with Crippen LogP contribution in [-0.2, 0) is 0 Å². The molecule has 0 atom stereocenters. The monoisotopic (exact) mass is 325 g/mol. The molecule has 2 aromatic rings. The van der Waals surface area contributed by atoms with E-state index in [0.29, 0.717) is 33.5 Å². The molecule has 0 aliphatic heterocycles. The Morgan fingerprint density at radius 1 is 1.18 bits per heavy atom. The highest BCUT2D eigenvalue weighted by molar-refractivity contribution is 7.99. The second-order valence-electron chi connectivity index (χ2n) is 4.64. The van der Waals surface area contributed by atoms with Gasteiger partial charge in [0.25, 0.3) is 5.76 Å². The number of hydrogen-bond acceptors (Lipinski definition) is 3. The Balaban J connectivity index is 1.94. The van der Waals surface area contributed by atoms with Crippen molar-refractivity contribution in [3.05, 3.63) is 59.4 Å². The number of thioether (sulfide) groups is 1. The smallest absolute Gasteiger partial charge is 0.288 e. The molecule has 0 aliphatic carbocycles. The number of aryl methyl sites for hydroxylation is 1. The lowest BCUT2D eigenvalue weighted by Gasteiger charge is -2.07. The summed E-state index contributed by atoms with van der Waals surface area (Å²) in [5.41, 5.74) is 1.41. The van der Waals surface area contributed by atoms with Crippen molar-refractivity contribution in [1.29, 1.82) is 0 Å². The third-order valence-corrected chi connectivity index (χ3v) is 3.75. The largest absolute Gasteiger partial charge is 0.378 e. The maximum atomic E-state index is 13.4. The highest BCUT2D eigenvalue weighted by Gasteiger charge is 2.09. The number of rotatable bonds is 6. The molecule has 22 heavy (non-hydrogen) atoms. The fourth-order valence-electron chi connectivity index (χ4n) is 1.80. The van der Waals surface area contributed by atoms with Crippen molar-refractivity contribution in [3.63, 3.8) is 0 Å². The van der Waals surface area contributed by atoms with E-state index in [4.69, 9.17) is 0 Å². The summed E-state index contributed by atoms with van der Waals surface area (Å²) < 4.78 is 37.8. The van der Waals surface area contributed by atoms with Crippen LogP contribution in [0.5, 0.6) is 0 Å². The molecule has 6 heteroatoms. The van der Waals surface area contributed by atoms with Crippen LogP contribution in [0.1, 0.15) is 15.9 Å². The predicted octanol–water partition coefficient (Wildman–Crippen LogP) is 4.74. The Morgan fingerprint density at radius 2 is 1.86 bits per heavy atom. The molecule has 0 spiro atoms. The highest BCUT2D eigenvalue weighted by Crippen LogP contribution is 2.26. The van der Waals surface area contributed by atoms with Gasteiger partial charge < -0.3 is 5.32 Å². The summed E-state index contributed by atoms with van der Waals surface area (Å²) in [6, 6.07) is 10.7. The van der Waals surface area contributed by atoms with E-state index in [1.54, 1.807) is 43.3 Å². The van der Waals surface area contributed by atoms with Crippen LogP contribution in [-0.4, -0.2) is 18.1 Å². The van der Waals surface area contributed by atoms with Crippen LogP contribution in [0.4, 0.5) is 18.9 Å². The number of ketones is 1. The van der Waals surface area contributed by atoms with Gasteiger partial charge in [0.05, 0.1) is 6.54 Å². The molecule has 0 unspecified atom stereocenters. The van der Waals surface area contributed by atoms with Gasteiger partial charge in [0.15, 0.2) is 5.78 Å². The molecule has 0 bridgehead atoms. The van der Waals surface area contributed by atoms with Crippen molar-refractivity contribution in [2.45, 2.75) is 17.6 Å². The zero-order valence-electron chi connectivity index (χ0n) is 11.8. The first kappa shape index (κ1) is 16.4. The summed E-state index contributed by atoms with van der Waals surface area (Å²) in [6.07, 6.45) is 0. The number of benzene rings is 2. The molecular weight excluding hydrogens is 311 g/mol. The topological polar surface area (TPSA) is 29.1 Å². The molecule has 0 aromatic heterocycles. The van der Waals surface area contributed by atoms with Crippen molar-refractivity contribution in [1.82, 2.24) is 0 Å². The number of carbonyl (C=O) groups is 1. The van der Waals surface area contributed by atoms with E-state index in [9.17, 15) is 18.0 Å². The van der Waals surface area contributed by atoms with Gasteiger partial charge in [-0.3, -0.25) is 4.79 Å². The summed E-state index contributed by atoms with van der Waals surface area (Å²) in [5, 5.41) is 2.89. The first-order chi connectivity index (χ1) is 10.5. The quantitative estimate of drug-likeness (QED) is 0.614. The minimum absolute atomic E-state index is 0.00381. The van der Waals surface area contributed by atoms with Crippen LogP contribution in [0.3, 0.4) is 0 Å². The standard InChI is InChI=1S/C16H14F3NOS/c1-10-2-3-11(8-14(10)17)15(21)9-20-12-4-6-13(7-5-12)22-16(18)19/h2-8,16,20H,9H2,1H3. The van der Waals surface area contributed by atoms with Crippen molar-refractivity contribution >= 4 is 23.2 Å². The molecule has 0 fully saturated rings. The van der Waals surface area contributed by atoms with E-state index in [1.165, 1.54) is 6.07 Å². The summed E-state index contributed by atoms with van der Waals surface area (Å²) in [4.78, 5) is 12.4. The highest BCUT2D eigenvalue weighted by atomic mass is 32.2. The molecular formula is C16H14F3NOS. The second-order valence-corrected chi connectivity index (χ2v) is 5.71. The van der Waals surface area contributed by atoms with Gasteiger partial charge in [0.2, 0.25) is 0 Å². The number of alkyl halides is 2. The Kier molecular flexibility index (Phi) is 5.49. The molecule has 0 radical (unpaired) electrons. The molecule has 2 nitrogen and oxygen atoms in total. The number of carbonyl (C=O) groups excluding carboxylic acids is 1. The van der Waals surface area contributed by atoms with Crippen LogP contribution >= 0.6 is 11.8 Å². The third-order valence-electron chi connectivity index (χ3n) is 3.03. The third kappa shape index (κ3) is 4.53. The van der Waals surface area contributed by atoms with Gasteiger partial charge in [-0.1, -0.05) is 23.9 Å². The zero-order valence-corrected chi connectivity index (χ0v) is 12.6. The average Bonchev–Trinajstić information content (AvgIpc) is 2.48. The van der Waals surface area contributed by atoms with Gasteiger partial charge in [0, 0.05) is 16.1 Å². The first-order valence-electron chi connectivity index (χ1n) is 6.54. The Morgan fingerprint density at radius 3 is 2.45 bits per heavy atom. The van der Waals surface area contributed by atoms with Gasteiger partial charge in [0.1, 0.15) is 5.82 Å². The second kappa shape index (κ2) is 7.35. The molecule has 0 heterocycles. The summed E-state index contributed by atoms with van der Waals surface area (Å²) in [6.45, 7) is 1.63. The minimum atomic E-state index is -2.46. The number of nitrogens with one attached hydrogen (secondary N) is 1. The number of halogens is 3. The van der Waals surface area contributed by atoms with E-state index in [-0.39, 0.29) is 12.3 Å². The van der Waals surface area contributed by atoms with E-state index in [0.717, 1.165) is 0 Å². The normalized spacial score (nSPS) is 10.8. The van der Waals surface area contributed by atoms with Crippen molar-refractivity contribution in [3.8, 4) is 0 Å². The van der Waals surface area contributed by atoms with Gasteiger partial charge >= 0.3 is 0 Å². The molecule has 2 aromatic carbocycles. The van der Waals surface area contributed by atoms with Crippen LogP contribution in [0, 0.1) is 12.7 Å². The van der Waals surface area contributed by atoms with Crippen LogP contribution in [0.15, 0.2) is 47.4 Å². The van der Waals surface area contributed by atoms with Crippen LogP contribution in [0.25, 0.3) is 0 Å². The van der Waals surface area contributed by atoms with E-state index >= 15 is 0 Å². The van der Waals surface area contributed by atoms with E-state index in [1.807, 2.05) is 0 Å². The summed E-state index contributed by atoms with van der Waals surface area (Å²) in [5.74, 6) is -3.12. The fraction of sp³-hybridized carbons (Fsp3) is 0.188. The number of anilines is 1. The molecule has 2 rings (SSSR count). The van der Waals surface area contributed by atoms with Gasteiger partial charge in [-0.25, -0.2) is 4.39 Å². The molecule has 1 N–H and O–H groups in total. The molecule has 0 amide bonds. The van der Waals surface area contributed by atoms with Crippen molar-refractivity contribution in [2.75, 3.05) is 11.9 Å². The van der Waals surface area contributed by atoms with Crippen LogP contribution < -0.4 is 5.32 Å². The SMILES string of the molecule is Cc1ccc(C(=O)CNc2ccc(SC(F)F)cc2)cc1F. The lowest BCUT2D eigenvalue weighted by atomic mass is 10.1. The van der Waals surface area contributed by atoms with Gasteiger partial charge in [-0.2, -0.15) is 8.78 Å². The molecule has 116 valence electrons. The molecule has 0 aliphatic rings. The lowest BCUT2D eigenvalue weighted by Crippen LogP contribution is -2.14. The fourth-order valence-corrected chi connectivity index (χ4v) is 2.30. The minimum Gasteiger partial charge on any atom is -0.378 e. The number of hydrogen-bond donors (Lipinski definition) is 1. The van der Waals surface area contributed by atoms with E-state index in [2.05, 4.69) is 5.32 Å². The van der Waals surface area contributed by atoms with Crippen LogP contribution in [0.2, 0.25) is 0 Å². The first-order valence-corrected chi connectivity index (χ1v) is 7.42. The van der Waals surface area contributed by atoms with Crippen molar-refractivity contribution in [2.24, 2.45) is 0 Å². The maximum absolute atomic E-state index is 13.4.